The smallest absolute Gasteiger partial charge is 0.307 e. The number of carboxylic acids is 1. The molecule has 0 aliphatic rings. The van der Waals surface area contributed by atoms with Gasteiger partial charge in [-0.2, -0.15) is 11.8 Å². The number of hydrogen-bond acceptors (Lipinski definition) is 3. The largest absolute Gasteiger partial charge is 0.481 e. The van der Waals surface area contributed by atoms with Gasteiger partial charge >= 0.3 is 5.97 Å². The molecule has 1 aromatic carbocycles. The van der Waals surface area contributed by atoms with Crippen LogP contribution in [-0.4, -0.2) is 28.5 Å². The van der Waals surface area contributed by atoms with Crippen LogP contribution >= 0.6 is 11.8 Å². The van der Waals surface area contributed by atoms with Gasteiger partial charge in [-0.05, 0) is 24.1 Å². The van der Waals surface area contributed by atoms with E-state index >= 15 is 0 Å². The van der Waals surface area contributed by atoms with Gasteiger partial charge in [-0.1, -0.05) is 19.1 Å². The fourth-order valence-electron chi connectivity index (χ4n) is 1.40. The van der Waals surface area contributed by atoms with Gasteiger partial charge in [0.1, 0.15) is 5.82 Å². The molecule has 1 rings (SSSR count). The monoisotopic (exact) mass is 299 g/mol. The van der Waals surface area contributed by atoms with Crippen molar-refractivity contribution in [2.45, 2.75) is 20.4 Å². The molecule has 0 aliphatic heterocycles. The molecule has 0 saturated heterocycles. The molecule has 0 aliphatic carbocycles. The second kappa shape index (κ2) is 7.89. The molecular formula is C14H18FNO3S. The van der Waals surface area contributed by atoms with Gasteiger partial charge in [0.05, 0.1) is 11.7 Å². The van der Waals surface area contributed by atoms with E-state index in [2.05, 4.69) is 5.32 Å². The molecule has 1 aromatic rings. The number of carbonyl (C=O) groups is 2. The highest BCUT2D eigenvalue weighted by atomic mass is 32.2. The van der Waals surface area contributed by atoms with Gasteiger partial charge in [-0.15, -0.1) is 0 Å². The molecule has 0 radical (unpaired) electrons. The van der Waals surface area contributed by atoms with Crippen molar-refractivity contribution in [1.29, 1.82) is 0 Å². The SMILES string of the molecule is Cc1ccc(CNC(=O)CSCC(C)C(=O)O)cc1F. The van der Waals surface area contributed by atoms with E-state index in [0.717, 1.165) is 0 Å². The number of amides is 1. The lowest BCUT2D eigenvalue weighted by molar-refractivity contribution is -0.140. The molecule has 1 atom stereocenters. The molecule has 0 fully saturated rings. The summed E-state index contributed by atoms with van der Waals surface area (Å²) in [6.45, 7) is 3.55. The quantitative estimate of drug-likeness (QED) is 0.810. The minimum Gasteiger partial charge on any atom is -0.481 e. The van der Waals surface area contributed by atoms with Gasteiger partial charge in [-0.25, -0.2) is 4.39 Å². The third kappa shape index (κ3) is 5.61. The molecule has 6 heteroatoms. The molecule has 0 heterocycles. The lowest BCUT2D eigenvalue weighted by Crippen LogP contribution is -2.25. The number of halogens is 1. The Morgan fingerprint density at radius 3 is 2.75 bits per heavy atom. The van der Waals surface area contributed by atoms with Crippen LogP contribution < -0.4 is 5.32 Å². The Morgan fingerprint density at radius 2 is 2.15 bits per heavy atom. The summed E-state index contributed by atoms with van der Waals surface area (Å²) in [5.41, 5.74) is 1.27. The molecular weight excluding hydrogens is 281 g/mol. The number of rotatable bonds is 7. The van der Waals surface area contributed by atoms with Crippen LogP contribution in [0.25, 0.3) is 0 Å². The maximum Gasteiger partial charge on any atom is 0.307 e. The van der Waals surface area contributed by atoms with E-state index in [-0.39, 0.29) is 24.0 Å². The van der Waals surface area contributed by atoms with Crippen molar-refractivity contribution in [3.8, 4) is 0 Å². The third-order valence-electron chi connectivity index (χ3n) is 2.75. The van der Waals surface area contributed by atoms with Crippen LogP contribution in [0.1, 0.15) is 18.1 Å². The summed E-state index contributed by atoms with van der Waals surface area (Å²) >= 11 is 1.27. The Kier molecular flexibility index (Phi) is 6.51. The maximum atomic E-state index is 13.3. The van der Waals surface area contributed by atoms with Crippen LogP contribution in [0.3, 0.4) is 0 Å². The normalized spacial score (nSPS) is 11.9. The zero-order valence-electron chi connectivity index (χ0n) is 11.5. The number of carbonyl (C=O) groups excluding carboxylic acids is 1. The fourth-order valence-corrected chi connectivity index (χ4v) is 2.30. The van der Waals surface area contributed by atoms with E-state index in [1.807, 2.05) is 0 Å². The average molecular weight is 299 g/mol. The predicted octanol–water partition coefficient (Wildman–Crippen LogP) is 2.20. The zero-order chi connectivity index (χ0) is 15.1. The zero-order valence-corrected chi connectivity index (χ0v) is 12.3. The predicted molar refractivity (Wildman–Crippen MR) is 77.1 cm³/mol. The highest BCUT2D eigenvalue weighted by molar-refractivity contribution is 7.99. The van der Waals surface area contributed by atoms with Crippen molar-refractivity contribution in [2.24, 2.45) is 5.92 Å². The van der Waals surface area contributed by atoms with Crippen molar-refractivity contribution in [1.82, 2.24) is 5.32 Å². The summed E-state index contributed by atoms with van der Waals surface area (Å²) in [7, 11) is 0. The first kappa shape index (κ1) is 16.5. The van der Waals surface area contributed by atoms with E-state index in [0.29, 0.717) is 16.9 Å². The summed E-state index contributed by atoms with van der Waals surface area (Å²) in [4.78, 5) is 22.1. The first-order valence-corrected chi connectivity index (χ1v) is 7.38. The summed E-state index contributed by atoms with van der Waals surface area (Å²) in [5, 5.41) is 11.4. The van der Waals surface area contributed by atoms with Crippen molar-refractivity contribution in [3.05, 3.63) is 35.1 Å². The van der Waals surface area contributed by atoms with Crippen LogP contribution in [0.15, 0.2) is 18.2 Å². The Morgan fingerprint density at radius 1 is 1.45 bits per heavy atom. The van der Waals surface area contributed by atoms with E-state index in [4.69, 9.17) is 5.11 Å². The topological polar surface area (TPSA) is 66.4 Å². The molecule has 0 aromatic heterocycles. The van der Waals surface area contributed by atoms with Gasteiger partial charge in [0.2, 0.25) is 5.91 Å². The lowest BCUT2D eigenvalue weighted by atomic mass is 10.1. The molecule has 2 N–H and O–H groups in total. The molecule has 110 valence electrons. The first-order valence-electron chi connectivity index (χ1n) is 6.22. The Hall–Kier alpha value is -1.56. The number of nitrogens with one attached hydrogen (secondary N) is 1. The molecule has 0 saturated carbocycles. The Bertz CT molecular complexity index is 493. The number of benzene rings is 1. The Labute approximate surface area is 121 Å². The molecule has 20 heavy (non-hydrogen) atoms. The number of thioether (sulfide) groups is 1. The van der Waals surface area contributed by atoms with Gasteiger partial charge < -0.3 is 10.4 Å². The van der Waals surface area contributed by atoms with Crippen LogP contribution in [0, 0.1) is 18.7 Å². The van der Waals surface area contributed by atoms with Crippen LogP contribution in [-0.2, 0) is 16.1 Å². The lowest BCUT2D eigenvalue weighted by Gasteiger charge is -2.08. The second-order valence-corrected chi connectivity index (χ2v) is 5.64. The average Bonchev–Trinajstić information content (AvgIpc) is 2.40. The van der Waals surface area contributed by atoms with Crippen LogP contribution in [0.4, 0.5) is 4.39 Å². The number of aryl methyl sites for hydroxylation is 1. The standard InChI is InChI=1S/C14H18FNO3S/c1-9-3-4-11(5-12(9)15)6-16-13(17)8-20-7-10(2)14(18)19/h3-5,10H,6-8H2,1-2H3,(H,16,17)(H,18,19). The molecule has 0 bridgehead atoms. The van der Waals surface area contributed by atoms with Gasteiger partial charge in [0.25, 0.3) is 0 Å². The van der Waals surface area contributed by atoms with Crippen molar-refractivity contribution in [2.75, 3.05) is 11.5 Å². The highest BCUT2D eigenvalue weighted by Gasteiger charge is 2.11. The van der Waals surface area contributed by atoms with E-state index in [1.165, 1.54) is 17.8 Å². The summed E-state index contributed by atoms with van der Waals surface area (Å²) < 4.78 is 13.3. The highest BCUT2D eigenvalue weighted by Crippen LogP contribution is 2.10. The Balaban J connectivity index is 2.29. The minimum atomic E-state index is -0.868. The van der Waals surface area contributed by atoms with Crippen molar-refractivity contribution < 1.29 is 19.1 Å². The number of aliphatic carboxylic acids is 1. The van der Waals surface area contributed by atoms with Gasteiger partial charge in [0, 0.05) is 12.3 Å². The van der Waals surface area contributed by atoms with Crippen LogP contribution in [0.5, 0.6) is 0 Å². The van der Waals surface area contributed by atoms with E-state index < -0.39 is 11.9 Å². The molecule has 0 spiro atoms. The van der Waals surface area contributed by atoms with Gasteiger partial charge in [0.15, 0.2) is 0 Å². The van der Waals surface area contributed by atoms with Crippen molar-refractivity contribution >= 4 is 23.6 Å². The first-order chi connectivity index (χ1) is 9.40. The van der Waals surface area contributed by atoms with E-state index in [1.54, 1.807) is 26.0 Å². The third-order valence-corrected chi connectivity index (χ3v) is 3.95. The number of carboxylic acid groups (broad SMARTS) is 1. The molecule has 1 amide bonds. The maximum absolute atomic E-state index is 13.3. The molecule has 4 nitrogen and oxygen atoms in total. The van der Waals surface area contributed by atoms with Crippen LogP contribution in [0.2, 0.25) is 0 Å². The van der Waals surface area contributed by atoms with Crippen molar-refractivity contribution in [3.63, 3.8) is 0 Å². The summed E-state index contributed by atoms with van der Waals surface area (Å²) in [6.07, 6.45) is 0. The fraction of sp³-hybridized carbons (Fsp3) is 0.429. The second-order valence-electron chi connectivity index (χ2n) is 4.61. The minimum absolute atomic E-state index is 0.187. The number of hydrogen-bond donors (Lipinski definition) is 2. The van der Waals surface area contributed by atoms with E-state index in [9.17, 15) is 14.0 Å². The molecule has 1 unspecified atom stereocenters. The summed E-state index contributed by atoms with van der Waals surface area (Å²) in [5.74, 6) is -1.23. The van der Waals surface area contributed by atoms with Gasteiger partial charge in [-0.3, -0.25) is 9.59 Å². The summed E-state index contributed by atoms with van der Waals surface area (Å²) in [6, 6.07) is 4.83.